The minimum absolute atomic E-state index is 0.338. The first-order valence-electron chi connectivity index (χ1n) is 7.57. The van der Waals surface area contributed by atoms with Crippen molar-refractivity contribution in [1.82, 2.24) is 4.72 Å². The van der Waals surface area contributed by atoms with E-state index in [0.29, 0.717) is 16.7 Å². The van der Waals surface area contributed by atoms with Gasteiger partial charge in [0.05, 0.1) is 4.90 Å². The van der Waals surface area contributed by atoms with Crippen molar-refractivity contribution in [3.63, 3.8) is 0 Å². The highest BCUT2D eigenvalue weighted by Crippen LogP contribution is 2.24. The van der Waals surface area contributed by atoms with E-state index in [0.717, 1.165) is 30.8 Å². The number of hydrogen-bond acceptors (Lipinski definition) is 4. The van der Waals surface area contributed by atoms with Crippen LogP contribution in [0, 0.1) is 0 Å². The first-order chi connectivity index (χ1) is 10.1. The fraction of sp³-hybridized carbons (Fsp3) is 0.600. The molecule has 1 saturated heterocycles. The molecule has 0 spiro atoms. The van der Waals surface area contributed by atoms with Crippen LogP contribution in [0.2, 0.25) is 0 Å². The second-order valence-corrected chi connectivity index (χ2v) is 8.47. The Morgan fingerprint density at radius 1 is 1.24 bits per heavy atom. The number of hydrogen-bond donors (Lipinski definition) is 2. The highest BCUT2D eigenvalue weighted by atomic mass is 32.2. The van der Waals surface area contributed by atoms with Gasteiger partial charge < -0.3 is 5.32 Å². The fourth-order valence-electron chi connectivity index (χ4n) is 2.28. The van der Waals surface area contributed by atoms with Gasteiger partial charge in [0, 0.05) is 24.0 Å². The summed E-state index contributed by atoms with van der Waals surface area (Å²) in [7, 11) is -3.39. The number of sulfonamides is 1. The SMILES string of the molecule is CCCNc1ccc(S(=O)(=O)NCC2CCCCS2)cc1. The molecule has 2 N–H and O–H groups in total. The van der Waals surface area contributed by atoms with Gasteiger partial charge in [-0.05, 0) is 49.3 Å². The van der Waals surface area contributed by atoms with E-state index in [9.17, 15) is 8.42 Å². The predicted octanol–water partition coefficient (Wildman–Crippen LogP) is 3.07. The minimum atomic E-state index is -3.39. The largest absolute Gasteiger partial charge is 0.385 e. The number of benzene rings is 1. The molecule has 0 radical (unpaired) electrons. The second kappa shape index (κ2) is 8.06. The van der Waals surface area contributed by atoms with Gasteiger partial charge in [0.25, 0.3) is 0 Å². The van der Waals surface area contributed by atoms with Crippen molar-refractivity contribution in [1.29, 1.82) is 0 Å². The zero-order valence-electron chi connectivity index (χ0n) is 12.5. The summed E-state index contributed by atoms with van der Waals surface area (Å²) in [5, 5.41) is 3.65. The molecule has 4 nitrogen and oxygen atoms in total. The quantitative estimate of drug-likeness (QED) is 0.807. The average Bonchev–Trinajstić information content (AvgIpc) is 2.52. The molecule has 0 amide bonds. The van der Waals surface area contributed by atoms with E-state index in [1.54, 1.807) is 12.1 Å². The van der Waals surface area contributed by atoms with Crippen LogP contribution < -0.4 is 10.0 Å². The molecule has 1 aliphatic rings. The van der Waals surface area contributed by atoms with Crippen LogP contribution in [0.25, 0.3) is 0 Å². The molecule has 0 aromatic heterocycles. The molecule has 1 fully saturated rings. The van der Waals surface area contributed by atoms with Crippen molar-refractivity contribution >= 4 is 27.5 Å². The highest BCUT2D eigenvalue weighted by molar-refractivity contribution is 8.00. The Morgan fingerprint density at radius 3 is 2.62 bits per heavy atom. The Kier molecular flexibility index (Phi) is 6.39. The van der Waals surface area contributed by atoms with E-state index in [1.165, 1.54) is 12.8 Å². The standard InChI is InChI=1S/C15H24N2O2S2/c1-2-10-16-13-6-8-15(9-7-13)21(18,19)17-12-14-5-3-4-11-20-14/h6-9,14,16-17H,2-5,10-12H2,1H3. The van der Waals surface area contributed by atoms with Crippen LogP contribution in [0.1, 0.15) is 32.6 Å². The summed E-state index contributed by atoms with van der Waals surface area (Å²) < 4.78 is 27.3. The topological polar surface area (TPSA) is 58.2 Å². The lowest BCUT2D eigenvalue weighted by Crippen LogP contribution is -2.31. The van der Waals surface area contributed by atoms with Crippen LogP contribution in [-0.4, -0.2) is 32.5 Å². The van der Waals surface area contributed by atoms with Gasteiger partial charge in [0.2, 0.25) is 10.0 Å². The maximum absolute atomic E-state index is 12.3. The monoisotopic (exact) mass is 328 g/mol. The molecule has 21 heavy (non-hydrogen) atoms. The third kappa shape index (κ3) is 5.20. The lowest BCUT2D eigenvalue weighted by molar-refractivity contribution is 0.574. The van der Waals surface area contributed by atoms with Crippen molar-refractivity contribution in [3.8, 4) is 0 Å². The van der Waals surface area contributed by atoms with Gasteiger partial charge in [-0.3, -0.25) is 0 Å². The number of thioether (sulfide) groups is 1. The molecule has 6 heteroatoms. The maximum atomic E-state index is 12.3. The predicted molar refractivity (Wildman–Crippen MR) is 90.5 cm³/mol. The Labute approximate surface area is 132 Å². The molecule has 0 aliphatic carbocycles. The van der Waals surface area contributed by atoms with Gasteiger partial charge in [0.1, 0.15) is 0 Å². The van der Waals surface area contributed by atoms with Crippen molar-refractivity contribution in [2.24, 2.45) is 0 Å². The number of anilines is 1. The smallest absolute Gasteiger partial charge is 0.240 e. The summed E-state index contributed by atoms with van der Waals surface area (Å²) in [6.07, 6.45) is 4.60. The zero-order chi connectivity index (χ0) is 15.1. The highest BCUT2D eigenvalue weighted by Gasteiger charge is 2.19. The molecule has 1 atom stereocenters. The Balaban J connectivity index is 1.91. The fourth-order valence-corrected chi connectivity index (χ4v) is 4.70. The summed E-state index contributed by atoms with van der Waals surface area (Å²) in [5.41, 5.74) is 0.957. The van der Waals surface area contributed by atoms with Crippen molar-refractivity contribution < 1.29 is 8.42 Å². The Morgan fingerprint density at radius 2 is 2.00 bits per heavy atom. The first-order valence-corrected chi connectivity index (χ1v) is 10.1. The second-order valence-electron chi connectivity index (χ2n) is 5.29. The van der Waals surface area contributed by atoms with Crippen LogP contribution in [0.3, 0.4) is 0 Å². The Hall–Kier alpha value is -0.720. The normalized spacial score (nSPS) is 19.4. The molecular formula is C15H24N2O2S2. The van der Waals surface area contributed by atoms with Crippen LogP contribution in [0.15, 0.2) is 29.2 Å². The number of rotatable bonds is 7. The van der Waals surface area contributed by atoms with Crippen molar-refractivity contribution in [3.05, 3.63) is 24.3 Å². The lowest BCUT2D eigenvalue weighted by Gasteiger charge is -2.21. The maximum Gasteiger partial charge on any atom is 0.240 e. The zero-order valence-corrected chi connectivity index (χ0v) is 14.1. The van der Waals surface area contributed by atoms with Crippen LogP contribution in [0.5, 0.6) is 0 Å². The summed E-state index contributed by atoms with van der Waals surface area (Å²) in [5.74, 6) is 1.14. The molecule has 1 unspecified atom stereocenters. The molecule has 1 heterocycles. The van der Waals surface area contributed by atoms with Gasteiger partial charge in [-0.2, -0.15) is 11.8 Å². The van der Waals surface area contributed by atoms with Crippen LogP contribution in [-0.2, 0) is 10.0 Å². The van der Waals surface area contributed by atoms with E-state index < -0.39 is 10.0 Å². The van der Waals surface area contributed by atoms with E-state index in [2.05, 4.69) is 17.0 Å². The van der Waals surface area contributed by atoms with Gasteiger partial charge >= 0.3 is 0 Å². The summed E-state index contributed by atoms with van der Waals surface area (Å²) in [4.78, 5) is 0.338. The van der Waals surface area contributed by atoms with E-state index in [4.69, 9.17) is 0 Å². The van der Waals surface area contributed by atoms with E-state index in [-0.39, 0.29) is 0 Å². The summed E-state index contributed by atoms with van der Waals surface area (Å²) in [6, 6.07) is 6.96. The average molecular weight is 329 g/mol. The molecule has 1 aromatic carbocycles. The van der Waals surface area contributed by atoms with Gasteiger partial charge in [0.15, 0.2) is 0 Å². The van der Waals surface area contributed by atoms with E-state index >= 15 is 0 Å². The lowest BCUT2D eigenvalue weighted by atomic mass is 10.2. The molecule has 2 rings (SSSR count). The Bertz CT molecular complexity index is 523. The minimum Gasteiger partial charge on any atom is -0.385 e. The summed E-state index contributed by atoms with van der Waals surface area (Å²) in [6.45, 7) is 3.52. The molecule has 1 aromatic rings. The molecule has 0 bridgehead atoms. The van der Waals surface area contributed by atoms with Crippen LogP contribution >= 0.6 is 11.8 Å². The van der Waals surface area contributed by atoms with Crippen molar-refractivity contribution in [2.75, 3.05) is 24.2 Å². The van der Waals surface area contributed by atoms with Gasteiger partial charge in [-0.15, -0.1) is 0 Å². The molecule has 118 valence electrons. The van der Waals surface area contributed by atoms with Gasteiger partial charge in [-0.25, -0.2) is 13.1 Å². The van der Waals surface area contributed by atoms with Gasteiger partial charge in [-0.1, -0.05) is 13.3 Å². The summed E-state index contributed by atoms with van der Waals surface area (Å²) >= 11 is 1.87. The third-order valence-corrected chi connectivity index (χ3v) is 6.36. The third-order valence-electron chi connectivity index (χ3n) is 3.52. The first kappa shape index (κ1) is 16.6. The molecular weight excluding hydrogens is 304 g/mol. The van der Waals surface area contributed by atoms with E-state index in [1.807, 2.05) is 23.9 Å². The number of nitrogens with one attached hydrogen (secondary N) is 2. The molecule has 1 aliphatic heterocycles. The van der Waals surface area contributed by atoms with Crippen molar-refractivity contribution in [2.45, 2.75) is 42.8 Å². The van der Waals surface area contributed by atoms with Crippen LogP contribution in [0.4, 0.5) is 5.69 Å². The molecule has 0 saturated carbocycles.